The van der Waals surface area contributed by atoms with Gasteiger partial charge in [-0.3, -0.25) is 0 Å². The van der Waals surface area contributed by atoms with Crippen LogP contribution in [-0.4, -0.2) is 12.2 Å². The second kappa shape index (κ2) is 7.44. The fourth-order valence-corrected chi connectivity index (χ4v) is 1.13. The minimum Gasteiger partial charge on any atom is -0.375 e. The van der Waals surface area contributed by atoms with E-state index in [1.165, 1.54) is 0 Å². The summed E-state index contributed by atoms with van der Waals surface area (Å²) >= 11 is 0. The number of rotatable bonds is 4. The quantitative estimate of drug-likeness (QED) is 0.683. The van der Waals surface area contributed by atoms with Crippen LogP contribution in [0.25, 0.3) is 0 Å². The van der Waals surface area contributed by atoms with E-state index < -0.39 is 6.17 Å². The molecular formula is C12H20FN. The van der Waals surface area contributed by atoms with Crippen molar-refractivity contribution in [1.82, 2.24) is 5.32 Å². The lowest BCUT2D eigenvalue weighted by atomic mass is 10.2. The van der Waals surface area contributed by atoms with E-state index in [2.05, 4.69) is 17.2 Å². The molecule has 2 atom stereocenters. The first-order valence-corrected chi connectivity index (χ1v) is 5.14. The van der Waals surface area contributed by atoms with Crippen molar-refractivity contribution >= 4 is 0 Å². The van der Waals surface area contributed by atoms with Crippen LogP contribution in [-0.2, 0) is 0 Å². The molecule has 0 aliphatic heterocycles. The van der Waals surface area contributed by atoms with Gasteiger partial charge in [0.1, 0.15) is 6.17 Å². The second-order valence-electron chi connectivity index (χ2n) is 3.34. The number of alkyl halides is 1. The Kier molecular flexibility index (Phi) is 6.92. The molecule has 2 unspecified atom stereocenters. The Morgan fingerprint density at radius 3 is 2.57 bits per heavy atom. The van der Waals surface area contributed by atoms with Gasteiger partial charge in [-0.1, -0.05) is 18.9 Å². The van der Waals surface area contributed by atoms with E-state index in [0.29, 0.717) is 6.42 Å². The summed E-state index contributed by atoms with van der Waals surface area (Å²) in [6.45, 7) is 7.47. The zero-order valence-corrected chi connectivity index (χ0v) is 9.52. The van der Waals surface area contributed by atoms with Crippen LogP contribution in [0.15, 0.2) is 11.8 Å². The Morgan fingerprint density at radius 1 is 1.50 bits per heavy atom. The van der Waals surface area contributed by atoms with Gasteiger partial charge in [0.05, 0.1) is 6.04 Å². The monoisotopic (exact) mass is 197 g/mol. The average molecular weight is 197 g/mol. The number of allylic oxidation sites excluding steroid dienone is 2. The van der Waals surface area contributed by atoms with Crippen LogP contribution < -0.4 is 5.32 Å². The molecule has 0 aromatic heterocycles. The fourth-order valence-electron chi connectivity index (χ4n) is 1.13. The minimum absolute atomic E-state index is 0.0971. The topological polar surface area (TPSA) is 12.0 Å². The number of halogens is 1. The Morgan fingerprint density at radius 2 is 2.14 bits per heavy atom. The maximum Gasteiger partial charge on any atom is 0.103 e. The molecule has 2 heteroatoms. The van der Waals surface area contributed by atoms with Gasteiger partial charge in [0.15, 0.2) is 0 Å². The Bertz CT molecular complexity index is 232. The van der Waals surface area contributed by atoms with Crippen molar-refractivity contribution in [3.8, 4) is 11.8 Å². The lowest BCUT2D eigenvalue weighted by molar-refractivity contribution is 0.352. The van der Waals surface area contributed by atoms with Gasteiger partial charge in [0.25, 0.3) is 0 Å². The highest BCUT2D eigenvalue weighted by Gasteiger charge is 2.04. The predicted molar refractivity (Wildman–Crippen MR) is 59.6 cm³/mol. The fraction of sp³-hybridized carbons (Fsp3) is 0.667. The van der Waals surface area contributed by atoms with Gasteiger partial charge < -0.3 is 5.32 Å². The minimum atomic E-state index is -0.806. The highest BCUT2D eigenvalue weighted by Crippen LogP contribution is 2.05. The van der Waals surface area contributed by atoms with Crippen LogP contribution in [0.5, 0.6) is 0 Å². The van der Waals surface area contributed by atoms with Crippen molar-refractivity contribution in [3.63, 3.8) is 0 Å². The van der Waals surface area contributed by atoms with Crippen LogP contribution in [0, 0.1) is 11.8 Å². The van der Waals surface area contributed by atoms with Gasteiger partial charge in [0, 0.05) is 18.5 Å². The molecule has 0 radical (unpaired) electrons. The molecule has 0 amide bonds. The van der Waals surface area contributed by atoms with Crippen LogP contribution in [0.3, 0.4) is 0 Å². The van der Waals surface area contributed by atoms with Gasteiger partial charge >= 0.3 is 0 Å². The summed E-state index contributed by atoms with van der Waals surface area (Å²) in [6.07, 6.45) is 2.39. The van der Waals surface area contributed by atoms with Gasteiger partial charge in [0.2, 0.25) is 0 Å². The molecular weight excluding hydrogens is 177 g/mol. The van der Waals surface area contributed by atoms with E-state index in [1.807, 2.05) is 26.8 Å². The van der Waals surface area contributed by atoms with Gasteiger partial charge in [-0.25, -0.2) is 4.39 Å². The van der Waals surface area contributed by atoms with Crippen molar-refractivity contribution in [2.24, 2.45) is 0 Å². The van der Waals surface area contributed by atoms with Gasteiger partial charge in [-0.05, 0) is 20.8 Å². The molecule has 0 rings (SSSR count). The number of hydrogen-bond donors (Lipinski definition) is 1. The van der Waals surface area contributed by atoms with Crippen molar-refractivity contribution in [1.29, 1.82) is 0 Å². The van der Waals surface area contributed by atoms with Gasteiger partial charge in [-0.2, -0.15) is 0 Å². The molecule has 0 aromatic rings. The third-order valence-electron chi connectivity index (χ3n) is 1.75. The van der Waals surface area contributed by atoms with Crippen LogP contribution in [0.4, 0.5) is 4.39 Å². The SMILES string of the molecule is C/C=C(\CC(C)F)NC(C)C#CCC. The van der Waals surface area contributed by atoms with E-state index in [0.717, 1.165) is 12.1 Å². The molecule has 14 heavy (non-hydrogen) atoms. The Balaban J connectivity index is 4.06. The predicted octanol–water partition coefficient (Wildman–Crippen LogP) is 3.03. The van der Waals surface area contributed by atoms with Crippen LogP contribution in [0.1, 0.15) is 40.5 Å². The Labute approximate surface area is 86.8 Å². The molecule has 0 fully saturated rings. The molecule has 80 valence electrons. The molecule has 0 spiro atoms. The van der Waals surface area contributed by atoms with Crippen LogP contribution >= 0.6 is 0 Å². The average Bonchev–Trinajstić information content (AvgIpc) is 2.12. The molecule has 0 aliphatic rings. The van der Waals surface area contributed by atoms with E-state index in [4.69, 9.17) is 0 Å². The molecule has 0 heterocycles. The Hall–Kier alpha value is -0.970. The largest absolute Gasteiger partial charge is 0.375 e. The van der Waals surface area contributed by atoms with Crippen LogP contribution in [0.2, 0.25) is 0 Å². The third kappa shape index (κ3) is 6.54. The standard InChI is InChI=1S/C12H20FN/c1-5-7-8-11(4)14-12(6-2)9-10(3)13/h6,10-11,14H,5,9H2,1-4H3/b12-6+. The lowest BCUT2D eigenvalue weighted by Gasteiger charge is -2.13. The molecule has 0 aromatic carbocycles. The smallest absolute Gasteiger partial charge is 0.103 e. The normalized spacial score (nSPS) is 15.4. The molecule has 0 aliphatic carbocycles. The van der Waals surface area contributed by atoms with Crippen molar-refractivity contribution < 1.29 is 4.39 Å². The maximum atomic E-state index is 12.7. The van der Waals surface area contributed by atoms with E-state index in [1.54, 1.807) is 6.92 Å². The van der Waals surface area contributed by atoms with E-state index in [-0.39, 0.29) is 6.04 Å². The maximum absolute atomic E-state index is 12.7. The summed E-state index contributed by atoms with van der Waals surface area (Å²) in [5.41, 5.74) is 0.929. The molecule has 0 saturated carbocycles. The van der Waals surface area contributed by atoms with Crippen molar-refractivity contribution in [2.45, 2.75) is 52.8 Å². The molecule has 0 saturated heterocycles. The van der Waals surface area contributed by atoms with Gasteiger partial charge in [-0.15, -0.1) is 5.92 Å². The van der Waals surface area contributed by atoms with E-state index >= 15 is 0 Å². The summed E-state index contributed by atoms with van der Waals surface area (Å²) in [5, 5.41) is 3.18. The highest BCUT2D eigenvalue weighted by molar-refractivity contribution is 5.11. The summed E-state index contributed by atoms with van der Waals surface area (Å²) < 4.78 is 12.7. The number of hydrogen-bond acceptors (Lipinski definition) is 1. The summed E-state index contributed by atoms with van der Waals surface area (Å²) in [7, 11) is 0. The number of nitrogens with one attached hydrogen (secondary N) is 1. The first-order valence-electron chi connectivity index (χ1n) is 5.14. The zero-order valence-electron chi connectivity index (χ0n) is 9.52. The second-order valence-corrected chi connectivity index (χ2v) is 3.34. The van der Waals surface area contributed by atoms with Crippen molar-refractivity contribution in [2.75, 3.05) is 0 Å². The third-order valence-corrected chi connectivity index (χ3v) is 1.75. The summed E-state index contributed by atoms with van der Waals surface area (Å²) in [4.78, 5) is 0. The zero-order chi connectivity index (χ0) is 11.0. The van der Waals surface area contributed by atoms with E-state index in [9.17, 15) is 4.39 Å². The summed E-state index contributed by atoms with van der Waals surface area (Å²) in [6, 6.07) is 0.0971. The molecule has 1 nitrogen and oxygen atoms in total. The molecule has 0 bridgehead atoms. The first-order chi connectivity index (χ1) is 6.60. The summed E-state index contributed by atoms with van der Waals surface area (Å²) in [5.74, 6) is 6.04. The van der Waals surface area contributed by atoms with Crippen molar-refractivity contribution in [3.05, 3.63) is 11.8 Å². The highest BCUT2D eigenvalue weighted by atomic mass is 19.1. The first kappa shape index (κ1) is 13.0. The lowest BCUT2D eigenvalue weighted by Crippen LogP contribution is -2.25. The molecule has 1 N–H and O–H groups in total.